The van der Waals surface area contributed by atoms with Gasteiger partial charge in [-0.1, -0.05) is 13.8 Å². The van der Waals surface area contributed by atoms with Gasteiger partial charge in [0.2, 0.25) is 0 Å². The summed E-state index contributed by atoms with van der Waals surface area (Å²) >= 11 is 1.13. The van der Waals surface area contributed by atoms with Crippen LogP contribution in [-0.2, 0) is 6.18 Å². The number of nitrogens with one attached hydrogen (secondary N) is 2. The number of alkyl halides is 3. The van der Waals surface area contributed by atoms with Crippen molar-refractivity contribution in [3.8, 4) is 0 Å². The molecule has 0 spiro atoms. The van der Waals surface area contributed by atoms with Crippen molar-refractivity contribution in [3.63, 3.8) is 0 Å². The molecule has 0 saturated carbocycles. The van der Waals surface area contributed by atoms with Crippen LogP contribution in [0.1, 0.15) is 56.1 Å². The van der Waals surface area contributed by atoms with E-state index in [4.69, 9.17) is 0 Å². The molecule has 3 aromatic rings. The van der Waals surface area contributed by atoms with E-state index in [2.05, 4.69) is 15.6 Å². The number of hydrogen-bond donors (Lipinski definition) is 2. The quantitative estimate of drug-likeness (QED) is 0.439. The van der Waals surface area contributed by atoms with Gasteiger partial charge in [-0.15, -0.1) is 11.3 Å². The molecule has 3 rings (SSSR count). The zero-order valence-electron chi connectivity index (χ0n) is 17.3. The number of halogens is 4. The van der Waals surface area contributed by atoms with Crippen LogP contribution in [0, 0.1) is 12.7 Å². The summed E-state index contributed by atoms with van der Waals surface area (Å²) in [6.07, 6.45) is -4.79. The van der Waals surface area contributed by atoms with Gasteiger partial charge in [-0.05, 0) is 49.4 Å². The van der Waals surface area contributed by atoms with Crippen LogP contribution in [0.5, 0.6) is 0 Å². The molecule has 1 heterocycles. The minimum atomic E-state index is -4.79. The summed E-state index contributed by atoms with van der Waals surface area (Å²) in [7, 11) is 0. The summed E-state index contributed by atoms with van der Waals surface area (Å²) in [6.45, 7) is 5.43. The lowest BCUT2D eigenvalue weighted by Gasteiger charge is -2.16. The zero-order valence-corrected chi connectivity index (χ0v) is 18.1. The van der Waals surface area contributed by atoms with Crippen molar-refractivity contribution in [3.05, 3.63) is 75.0 Å². The van der Waals surface area contributed by atoms with Gasteiger partial charge < -0.3 is 10.6 Å². The number of hydrogen-bond acceptors (Lipinski definition) is 4. The highest BCUT2D eigenvalue weighted by atomic mass is 32.1. The summed E-state index contributed by atoms with van der Waals surface area (Å²) in [4.78, 5) is 29.4. The Morgan fingerprint density at radius 1 is 1.00 bits per heavy atom. The van der Waals surface area contributed by atoms with Gasteiger partial charge in [0.15, 0.2) is 0 Å². The molecule has 2 amide bonds. The van der Waals surface area contributed by atoms with E-state index in [1.54, 1.807) is 6.92 Å². The molecule has 2 aromatic carbocycles. The van der Waals surface area contributed by atoms with Crippen molar-refractivity contribution in [1.82, 2.24) is 4.98 Å². The predicted molar refractivity (Wildman–Crippen MR) is 115 cm³/mol. The average molecular weight is 465 g/mol. The maximum absolute atomic E-state index is 13.7. The third-order valence-corrected chi connectivity index (χ3v) is 5.91. The van der Waals surface area contributed by atoms with Crippen molar-refractivity contribution >= 4 is 34.5 Å². The number of aryl methyl sites for hydroxylation is 1. The summed E-state index contributed by atoms with van der Waals surface area (Å²) in [6, 6.07) is 7.61. The minimum Gasteiger partial charge on any atom is -0.322 e. The number of benzene rings is 2. The SMILES string of the molecule is Cc1nc(C(C)C)sc1C(=O)Nc1ccc(NC(=O)c2ccc(F)cc2)cc1C(F)(F)F. The highest BCUT2D eigenvalue weighted by molar-refractivity contribution is 7.14. The van der Waals surface area contributed by atoms with Gasteiger partial charge in [0.1, 0.15) is 10.7 Å². The Morgan fingerprint density at radius 2 is 1.66 bits per heavy atom. The molecule has 5 nitrogen and oxygen atoms in total. The molecular formula is C22H19F4N3O2S. The van der Waals surface area contributed by atoms with Gasteiger partial charge in [-0.2, -0.15) is 13.2 Å². The predicted octanol–water partition coefficient (Wildman–Crippen LogP) is 6.24. The number of rotatable bonds is 5. The Morgan fingerprint density at radius 3 is 2.22 bits per heavy atom. The fourth-order valence-corrected chi connectivity index (χ4v) is 3.79. The maximum Gasteiger partial charge on any atom is 0.418 e. The van der Waals surface area contributed by atoms with Crippen LogP contribution in [0.15, 0.2) is 42.5 Å². The number of anilines is 2. The van der Waals surface area contributed by atoms with Gasteiger partial charge in [-0.3, -0.25) is 9.59 Å². The Kier molecular flexibility index (Phi) is 6.63. The summed E-state index contributed by atoms with van der Waals surface area (Å²) in [5, 5.41) is 5.36. The maximum atomic E-state index is 13.7. The second-order valence-electron chi connectivity index (χ2n) is 7.29. The van der Waals surface area contributed by atoms with Crippen LogP contribution in [0.3, 0.4) is 0 Å². The molecule has 0 radical (unpaired) electrons. The number of thiazole rings is 1. The first-order chi connectivity index (χ1) is 15.0. The molecular weight excluding hydrogens is 446 g/mol. The number of amides is 2. The van der Waals surface area contributed by atoms with E-state index in [1.807, 2.05) is 13.8 Å². The lowest BCUT2D eigenvalue weighted by molar-refractivity contribution is -0.136. The number of carbonyl (C=O) groups is 2. The summed E-state index contributed by atoms with van der Waals surface area (Å²) in [5.74, 6) is -1.86. The van der Waals surface area contributed by atoms with Crippen molar-refractivity contribution in [1.29, 1.82) is 0 Å². The monoisotopic (exact) mass is 465 g/mol. The second-order valence-corrected chi connectivity index (χ2v) is 8.33. The molecule has 0 fully saturated rings. The lowest BCUT2D eigenvalue weighted by atomic mass is 10.1. The van der Waals surface area contributed by atoms with Crippen molar-refractivity contribution < 1.29 is 27.2 Å². The van der Waals surface area contributed by atoms with Crippen LogP contribution in [-0.4, -0.2) is 16.8 Å². The highest BCUT2D eigenvalue weighted by Gasteiger charge is 2.35. The van der Waals surface area contributed by atoms with Gasteiger partial charge in [-0.25, -0.2) is 9.37 Å². The van der Waals surface area contributed by atoms with Gasteiger partial charge in [0.05, 0.1) is 22.0 Å². The molecule has 10 heteroatoms. The van der Waals surface area contributed by atoms with E-state index in [1.165, 1.54) is 18.2 Å². The average Bonchev–Trinajstić information content (AvgIpc) is 3.11. The fraction of sp³-hybridized carbons (Fsp3) is 0.227. The molecule has 32 heavy (non-hydrogen) atoms. The molecule has 0 aliphatic heterocycles. The molecule has 0 bridgehead atoms. The van der Waals surface area contributed by atoms with Crippen LogP contribution >= 0.6 is 11.3 Å². The Labute approximate surface area is 185 Å². The molecule has 1 aromatic heterocycles. The van der Waals surface area contributed by atoms with Gasteiger partial charge in [0.25, 0.3) is 11.8 Å². The zero-order chi connectivity index (χ0) is 23.6. The fourth-order valence-electron chi connectivity index (χ4n) is 2.82. The van der Waals surface area contributed by atoms with E-state index in [9.17, 15) is 27.2 Å². The molecule has 0 atom stereocenters. The minimum absolute atomic E-state index is 0.0787. The van der Waals surface area contributed by atoms with E-state index in [-0.39, 0.29) is 22.0 Å². The smallest absolute Gasteiger partial charge is 0.322 e. The number of nitrogens with zero attached hydrogens (tertiary/aromatic N) is 1. The van der Waals surface area contributed by atoms with Crippen molar-refractivity contribution in [2.24, 2.45) is 0 Å². The molecule has 0 saturated heterocycles. The normalized spacial score (nSPS) is 11.5. The van der Waals surface area contributed by atoms with Gasteiger partial charge >= 0.3 is 6.18 Å². The third kappa shape index (κ3) is 5.31. The van der Waals surface area contributed by atoms with Crippen LogP contribution in [0.2, 0.25) is 0 Å². The third-order valence-electron chi connectivity index (χ3n) is 4.45. The standard InChI is InChI=1S/C22H19F4N3O2S/c1-11(2)21-27-12(3)18(32-21)20(31)29-17-9-8-15(10-16(17)22(24,25)26)28-19(30)13-4-6-14(23)7-5-13/h4-11H,1-3H3,(H,28,30)(H,29,31). The highest BCUT2D eigenvalue weighted by Crippen LogP contribution is 2.37. The number of carbonyl (C=O) groups excluding carboxylic acids is 2. The molecule has 0 aliphatic rings. The summed E-state index contributed by atoms with van der Waals surface area (Å²) < 4.78 is 54.0. The molecule has 0 unspecified atom stereocenters. The van der Waals surface area contributed by atoms with Crippen LogP contribution in [0.4, 0.5) is 28.9 Å². The van der Waals surface area contributed by atoms with Crippen molar-refractivity contribution in [2.45, 2.75) is 32.9 Å². The largest absolute Gasteiger partial charge is 0.418 e. The van der Waals surface area contributed by atoms with E-state index >= 15 is 0 Å². The van der Waals surface area contributed by atoms with E-state index in [0.717, 1.165) is 35.6 Å². The first-order valence-corrected chi connectivity index (χ1v) is 10.3. The lowest BCUT2D eigenvalue weighted by Crippen LogP contribution is -2.18. The second kappa shape index (κ2) is 9.07. The Balaban J connectivity index is 1.86. The van der Waals surface area contributed by atoms with Crippen LogP contribution in [0.25, 0.3) is 0 Å². The summed E-state index contributed by atoms with van der Waals surface area (Å²) in [5.41, 5.74) is -1.16. The van der Waals surface area contributed by atoms with Crippen molar-refractivity contribution in [2.75, 3.05) is 10.6 Å². The topological polar surface area (TPSA) is 71.1 Å². The first kappa shape index (κ1) is 23.4. The number of aromatic nitrogens is 1. The molecule has 2 N–H and O–H groups in total. The molecule has 168 valence electrons. The van der Waals surface area contributed by atoms with E-state index < -0.39 is 35.1 Å². The van der Waals surface area contributed by atoms with Gasteiger partial charge in [0, 0.05) is 17.2 Å². The Bertz CT molecular complexity index is 1150. The first-order valence-electron chi connectivity index (χ1n) is 9.52. The van der Waals surface area contributed by atoms with Crippen LogP contribution < -0.4 is 10.6 Å². The molecule has 0 aliphatic carbocycles. The Hall–Kier alpha value is -3.27. The van der Waals surface area contributed by atoms with E-state index in [0.29, 0.717) is 10.7 Å².